The Kier molecular flexibility index (Phi) is 4.12. The van der Waals surface area contributed by atoms with Gasteiger partial charge in [0.2, 0.25) is 0 Å². The molecule has 0 saturated carbocycles. The maximum atomic E-state index is 12.8. The van der Waals surface area contributed by atoms with E-state index in [4.69, 9.17) is 5.73 Å². The molecule has 108 valence electrons. The van der Waals surface area contributed by atoms with Crippen LogP contribution in [0.5, 0.6) is 0 Å². The number of sulfonamides is 1. The Hall–Kier alpha value is -1.33. The third-order valence-electron chi connectivity index (χ3n) is 2.18. The van der Waals surface area contributed by atoms with Gasteiger partial charge in [0.1, 0.15) is 0 Å². The van der Waals surface area contributed by atoms with E-state index in [-0.39, 0.29) is 6.20 Å². The van der Waals surface area contributed by atoms with Crippen molar-refractivity contribution in [2.45, 2.75) is 24.2 Å². The molecule has 0 aromatic carbocycles. The van der Waals surface area contributed by atoms with Gasteiger partial charge in [0.15, 0.2) is 5.03 Å². The van der Waals surface area contributed by atoms with Crippen molar-refractivity contribution in [3.8, 4) is 0 Å². The van der Waals surface area contributed by atoms with Crippen LogP contribution in [0.15, 0.2) is 11.2 Å². The summed E-state index contributed by atoms with van der Waals surface area (Å²) in [5, 5.41) is 3.60. The molecule has 0 spiro atoms. The summed E-state index contributed by atoms with van der Waals surface area (Å²) in [6.07, 6.45) is -8.68. The lowest BCUT2D eigenvalue weighted by molar-refractivity contribution is -0.140. The van der Waals surface area contributed by atoms with E-state index in [0.717, 1.165) is 0 Å². The highest BCUT2D eigenvalue weighted by atomic mass is 32.2. The smallest absolute Gasteiger partial charge is 0.326 e. The summed E-state index contributed by atoms with van der Waals surface area (Å²) >= 11 is 0. The van der Waals surface area contributed by atoms with Crippen LogP contribution < -0.4 is 10.9 Å². The SMILES string of the molecule is NCc1c(S(N)(=O)=O)ncc(C(F)(F)F)c1C(F)F. The largest absolute Gasteiger partial charge is 0.418 e. The van der Waals surface area contributed by atoms with Gasteiger partial charge in [0, 0.05) is 23.9 Å². The molecule has 0 aliphatic rings. The van der Waals surface area contributed by atoms with E-state index in [1.807, 2.05) is 0 Å². The first-order valence-electron chi connectivity index (χ1n) is 4.60. The number of nitrogens with zero attached hydrogens (tertiary/aromatic N) is 1. The summed E-state index contributed by atoms with van der Waals surface area (Å²) in [5.74, 6) is 0. The van der Waals surface area contributed by atoms with Gasteiger partial charge >= 0.3 is 6.18 Å². The van der Waals surface area contributed by atoms with Gasteiger partial charge in [0.05, 0.1) is 5.56 Å². The topological polar surface area (TPSA) is 99.1 Å². The van der Waals surface area contributed by atoms with Crippen molar-refractivity contribution < 1.29 is 30.4 Å². The number of halogens is 5. The first-order valence-corrected chi connectivity index (χ1v) is 6.14. The molecule has 0 amide bonds. The van der Waals surface area contributed by atoms with E-state index in [1.54, 1.807) is 0 Å². The van der Waals surface area contributed by atoms with E-state index in [1.165, 1.54) is 0 Å². The molecule has 0 atom stereocenters. The minimum atomic E-state index is -5.11. The van der Waals surface area contributed by atoms with E-state index >= 15 is 0 Å². The number of aromatic nitrogens is 1. The minimum Gasteiger partial charge on any atom is -0.326 e. The number of pyridine rings is 1. The van der Waals surface area contributed by atoms with Crippen molar-refractivity contribution in [1.82, 2.24) is 4.98 Å². The van der Waals surface area contributed by atoms with Crippen LogP contribution >= 0.6 is 0 Å². The molecule has 19 heavy (non-hydrogen) atoms. The molecule has 1 rings (SSSR count). The molecular weight excluding hydrogens is 297 g/mol. The molecule has 1 heterocycles. The molecule has 0 fully saturated rings. The molecule has 0 aliphatic heterocycles. The molecular formula is C8H8F5N3O2S. The zero-order chi connectivity index (χ0) is 15.0. The Morgan fingerprint density at radius 3 is 2.16 bits per heavy atom. The standard InChI is InChI=1S/C8H8F5N3O2S/c9-6(10)5-3(1-14)7(19(15,17)18)16-2-4(5)8(11,12)13/h2,6H,1,14H2,(H2,15,17,18). The van der Waals surface area contributed by atoms with Gasteiger partial charge in [0.25, 0.3) is 16.4 Å². The summed E-state index contributed by atoms with van der Waals surface area (Å²) < 4.78 is 85.3. The van der Waals surface area contributed by atoms with Crippen molar-refractivity contribution >= 4 is 10.0 Å². The van der Waals surface area contributed by atoms with Crippen molar-refractivity contribution in [3.63, 3.8) is 0 Å². The lowest BCUT2D eigenvalue weighted by atomic mass is 10.0. The molecule has 0 unspecified atom stereocenters. The third-order valence-corrected chi connectivity index (χ3v) is 3.07. The van der Waals surface area contributed by atoms with Crippen LogP contribution in [0.3, 0.4) is 0 Å². The number of rotatable bonds is 3. The van der Waals surface area contributed by atoms with Crippen LogP contribution in [0.4, 0.5) is 22.0 Å². The quantitative estimate of drug-likeness (QED) is 0.818. The maximum Gasteiger partial charge on any atom is 0.418 e. The number of hydrogen-bond donors (Lipinski definition) is 2. The van der Waals surface area contributed by atoms with Gasteiger partial charge < -0.3 is 5.73 Å². The fourth-order valence-electron chi connectivity index (χ4n) is 1.47. The average Bonchev–Trinajstić information content (AvgIpc) is 2.24. The van der Waals surface area contributed by atoms with E-state index in [9.17, 15) is 30.4 Å². The Labute approximate surface area is 104 Å². The second-order valence-electron chi connectivity index (χ2n) is 3.42. The van der Waals surface area contributed by atoms with Gasteiger partial charge in [-0.25, -0.2) is 27.3 Å². The first-order chi connectivity index (χ1) is 8.50. The second-order valence-corrected chi connectivity index (χ2v) is 4.89. The highest BCUT2D eigenvalue weighted by Gasteiger charge is 2.39. The Morgan fingerprint density at radius 2 is 1.84 bits per heavy atom. The molecule has 4 N–H and O–H groups in total. The van der Waals surface area contributed by atoms with Gasteiger partial charge in [-0.2, -0.15) is 13.2 Å². The number of nitrogens with two attached hydrogens (primary N) is 2. The number of primary sulfonamides is 1. The molecule has 0 radical (unpaired) electrons. The summed E-state index contributed by atoms with van der Waals surface area (Å²) in [6.45, 7) is -0.873. The third kappa shape index (κ3) is 3.16. The fourth-order valence-corrected chi connectivity index (χ4v) is 2.20. The van der Waals surface area contributed by atoms with Gasteiger partial charge in [-0.3, -0.25) is 0 Å². The first kappa shape index (κ1) is 15.7. The van der Waals surface area contributed by atoms with E-state index in [2.05, 4.69) is 10.1 Å². The zero-order valence-electron chi connectivity index (χ0n) is 9.08. The highest BCUT2D eigenvalue weighted by Crippen LogP contribution is 2.38. The molecule has 1 aromatic heterocycles. The molecule has 5 nitrogen and oxygen atoms in total. The summed E-state index contributed by atoms with van der Waals surface area (Å²) in [5.41, 5.74) is 0.840. The zero-order valence-corrected chi connectivity index (χ0v) is 9.89. The molecule has 0 saturated heterocycles. The van der Waals surface area contributed by atoms with Crippen LogP contribution in [-0.4, -0.2) is 13.4 Å². The number of hydrogen-bond acceptors (Lipinski definition) is 4. The monoisotopic (exact) mass is 305 g/mol. The maximum absolute atomic E-state index is 12.8. The Morgan fingerprint density at radius 1 is 1.32 bits per heavy atom. The molecule has 1 aromatic rings. The van der Waals surface area contributed by atoms with Crippen LogP contribution in [0, 0.1) is 0 Å². The van der Waals surface area contributed by atoms with Gasteiger partial charge in [-0.15, -0.1) is 0 Å². The van der Waals surface area contributed by atoms with Crippen LogP contribution in [0.25, 0.3) is 0 Å². The minimum absolute atomic E-state index is 0.000394. The van der Waals surface area contributed by atoms with Crippen molar-refractivity contribution in [1.29, 1.82) is 0 Å². The lowest BCUT2D eigenvalue weighted by Crippen LogP contribution is -2.22. The van der Waals surface area contributed by atoms with Gasteiger partial charge in [-0.05, 0) is 0 Å². The van der Waals surface area contributed by atoms with Crippen LogP contribution in [0.1, 0.15) is 23.1 Å². The summed E-state index contributed by atoms with van der Waals surface area (Å²) in [7, 11) is -4.56. The predicted molar refractivity (Wildman–Crippen MR) is 53.5 cm³/mol. The van der Waals surface area contributed by atoms with Crippen molar-refractivity contribution in [2.24, 2.45) is 10.9 Å². The van der Waals surface area contributed by atoms with E-state index < -0.39 is 50.9 Å². The summed E-state index contributed by atoms with van der Waals surface area (Å²) in [6, 6.07) is 0. The van der Waals surface area contributed by atoms with Crippen molar-refractivity contribution in [3.05, 3.63) is 22.9 Å². The predicted octanol–water partition coefficient (Wildman–Crippen LogP) is 1.14. The summed E-state index contributed by atoms with van der Waals surface area (Å²) in [4.78, 5) is 2.98. The van der Waals surface area contributed by atoms with Gasteiger partial charge in [-0.1, -0.05) is 0 Å². The average molecular weight is 305 g/mol. The number of alkyl halides is 5. The molecule has 0 aliphatic carbocycles. The lowest BCUT2D eigenvalue weighted by Gasteiger charge is -2.17. The highest BCUT2D eigenvalue weighted by molar-refractivity contribution is 7.89. The Balaban J connectivity index is 3.77. The molecule has 11 heteroatoms. The van der Waals surface area contributed by atoms with E-state index in [0.29, 0.717) is 0 Å². The van der Waals surface area contributed by atoms with Crippen molar-refractivity contribution in [2.75, 3.05) is 0 Å². The van der Waals surface area contributed by atoms with Crippen LogP contribution in [-0.2, 0) is 22.7 Å². The van der Waals surface area contributed by atoms with Crippen LogP contribution in [0.2, 0.25) is 0 Å². The Bertz CT molecular complexity index is 585. The fraction of sp³-hybridized carbons (Fsp3) is 0.375. The normalized spacial score (nSPS) is 13.1. The molecule has 0 bridgehead atoms. The second kappa shape index (κ2) is 4.98.